The molecule has 1 fully saturated rings. The lowest BCUT2D eigenvalue weighted by Gasteiger charge is -2.36. The van der Waals surface area contributed by atoms with Crippen LogP contribution in [0.4, 0.5) is 5.95 Å². The molecule has 0 spiro atoms. The van der Waals surface area contributed by atoms with Gasteiger partial charge in [-0.1, -0.05) is 70.4 Å². The van der Waals surface area contributed by atoms with Gasteiger partial charge >= 0.3 is 0 Å². The number of carbonyl (C=O) groups is 1. The zero-order chi connectivity index (χ0) is 34.1. The summed E-state index contributed by atoms with van der Waals surface area (Å²) in [7, 11) is -4.15. The molecule has 9 nitrogen and oxygen atoms in total. The first-order valence-corrected chi connectivity index (χ1v) is 18.3. The molecule has 0 saturated heterocycles. The molecule has 2 aromatic carbocycles. The molecule has 4 bridgehead atoms. The third kappa shape index (κ3) is 7.70. The summed E-state index contributed by atoms with van der Waals surface area (Å²) in [6.07, 6.45) is 10.4. The Balaban J connectivity index is 1.46. The Kier molecular flexibility index (Phi) is 9.56. The number of aromatic nitrogens is 3. The van der Waals surface area contributed by atoms with Crippen molar-refractivity contribution >= 4 is 21.9 Å². The van der Waals surface area contributed by atoms with Crippen molar-refractivity contribution in [2.75, 3.05) is 11.3 Å². The number of carbonyl (C=O) groups excluding carboxylic acids is 1. The highest BCUT2D eigenvalue weighted by molar-refractivity contribution is 7.92. The van der Waals surface area contributed by atoms with Crippen LogP contribution < -0.4 is 9.46 Å². The third-order valence-electron chi connectivity index (χ3n) is 9.28. The van der Waals surface area contributed by atoms with Crippen LogP contribution in [0.1, 0.15) is 97.8 Å². The van der Waals surface area contributed by atoms with Crippen molar-refractivity contribution in [3.05, 3.63) is 94.8 Å². The third-order valence-corrected chi connectivity index (χ3v) is 10.6. The molecule has 0 unspecified atom stereocenters. The van der Waals surface area contributed by atoms with Gasteiger partial charge in [0.05, 0.1) is 16.6 Å². The lowest BCUT2D eigenvalue weighted by molar-refractivity contribution is 0.0512. The molecule has 1 atom stereocenters. The molecule has 252 valence electrons. The van der Waals surface area contributed by atoms with Gasteiger partial charge in [-0.05, 0) is 84.9 Å². The second-order valence-electron chi connectivity index (χ2n) is 14.4. The quantitative estimate of drug-likeness (QED) is 0.231. The van der Waals surface area contributed by atoms with Gasteiger partial charge in [-0.15, -0.1) is 0 Å². The van der Waals surface area contributed by atoms with Gasteiger partial charge in [-0.2, -0.15) is 4.98 Å². The molecule has 1 saturated carbocycles. The number of anilines is 1. The van der Waals surface area contributed by atoms with E-state index in [1.54, 1.807) is 18.2 Å². The maximum atomic E-state index is 14.5. The van der Waals surface area contributed by atoms with Crippen molar-refractivity contribution in [2.24, 2.45) is 5.41 Å². The van der Waals surface area contributed by atoms with Crippen molar-refractivity contribution < 1.29 is 17.9 Å². The topological polar surface area (TPSA) is 114 Å². The number of nitrogens with one attached hydrogen (secondary N) is 1. The van der Waals surface area contributed by atoms with Gasteiger partial charge in [0, 0.05) is 36.1 Å². The molecule has 48 heavy (non-hydrogen) atoms. The summed E-state index contributed by atoms with van der Waals surface area (Å²) in [6.45, 7) is 10.8. The van der Waals surface area contributed by atoms with Crippen LogP contribution >= 0.6 is 0 Å². The molecule has 1 N–H and O–H groups in total. The van der Waals surface area contributed by atoms with Crippen LogP contribution in [0.25, 0.3) is 11.3 Å². The second kappa shape index (κ2) is 13.7. The van der Waals surface area contributed by atoms with E-state index in [0.717, 1.165) is 35.1 Å². The Morgan fingerprint density at radius 1 is 0.938 bits per heavy atom. The minimum Gasteiger partial charge on any atom is -0.475 e. The van der Waals surface area contributed by atoms with E-state index in [1.165, 1.54) is 37.0 Å². The first kappa shape index (κ1) is 33.6. The Labute approximate surface area is 284 Å². The number of benzene rings is 2. The zero-order valence-corrected chi connectivity index (χ0v) is 29.3. The fraction of sp³-hybridized carbons (Fsp3) is 0.421. The lowest BCUT2D eigenvalue weighted by atomic mass is 9.84. The van der Waals surface area contributed by atoms with Gasteiger partial charge in [0.1, 0.15) is 6.61 Å². The maximum absolute atomic E-state index is 14.5. The summed E-state index contributed by atoms with van der Waals surface area (Å²) in [5, 5.41) is 0. The fourth-order valence-corrected chi connectivity index (χ4v) is 7.99. The van der Waals surface area contributed by atoms with E-state index in [1.807, 2.05) is 49.3 Å². The van der Waals surface area contributed by atoms with Crippen molar-refractivity contribution in [2.45, 2.75) is 96.5 Å². The zero-order valence-electron chi connectivity index (χ0n) is 28.5. The molecular formula is C38H45N5O4S. The Morgan fingerprint density at radius 3 is 2.40 bits per heavy atom. The molecule has 1 aliphatic heterocycles. The number of nitrogens with zero attached hydrogens (tertiary/aromatic N) is 4. The summed E-state index contributed by atoms with van der Waals surface area (Å²) in [6, 6.07) is 15.7. The minimum absolute atomic E-state index is 0.0515. The number of amides is 1. The molecule has 4 aromatic rings. The summed E-state index contributed by atoms with van der Waals surface area (Å²) in [5.74, 6) is 0.314. The standard InChI is InChI=1S/C38H45N5O4S/c1-25-11-9-12-26(2)35(25)33-19-34-41-37(40-33)42-48(45,46)32-16-10-15-29(18-32)36(44)43(31(24-47-34)20-38(3,4)5)23-27-17-30(22-39-21-27)28-13-7-6-8-14-28/h9-12,15-19,21-22,28,31H,6-8,13-14,20,23-24H2,1-5H3,(H,40,41,42)/t31-/m1/s1. The highest BCUT2D eigenvalue weighted by atomic mass is 32.2. The van der Waals surface area contributed by atoms with Crippen molar-refractivity contribution in [1.29, 1.82) is 0 Å². The Bertz CT molecular complexity index is 1890. The van der Waals surface area contributed by atoms with Gasteiger partial charge in [-0.3, -0.25) is 9.78 Å². The monoisotopic (exact) mass is 667 g/mol. The Hall–Kier alpha value is -4.31. The van der Waals surface area contributed by atoms with Gasteiger partial charge in [-0.25, -0.2) is 18.1 Å². The molecule has 0 radical (unpaired) electrons. The number of aryl methyl sites for hydroxylation is 2. The Morgan fingerprint density at radius 2 is 1.67 bits per heavy atom. The first-order valence-electron chi connectivity index (χ1n) is 16.8. The average molecular weight is 668 g/mol. The van der Waals surface area contributed by atoms with Crippen molar-refractivity contribution in [3.8, 4) is 17.1 Å². The number of hydrogen-bond acceptors (Lipinski definition) is 7. The van der Waals surface area contributed by atoms with Gasteiger partial charge < -0.3 is 9.64 Å². The van der Waals surface area contributed by atoms with Crippen molar-refractivity contribution in [3.63, 3.8) is 0 Å². The van der Waals surface area contributed by atoms with Crippen LogP contribution in [0.15, 0.2) is 71.9 Å². The normalized spacial score (nSPS) is 18.6. The lowest BCUT2D eigenvalue weighted by Crippen LogP contribution is -2.45. The second-order valence-corrected chi connectivity index (χ2v) is 16.1. The number of hydrogen-bond donors (Lipinski definition) is 1. The molecule has 10 heteroatoms. The van der Waals surface area contributed by atoms with Gasteiger partial charge in [0.15, 0.2) is 0 Å². The van der Waals surface area contributed by atoms with Gasteiger partial charge in [0.25, 0.3) is 15.9 Å². The largest absolute Gasteiger partial charge is 0.475 e. The number of fused-ring (bicyclic) bond motifs is 4. The number of rotatable bonds is 5. The molecular weight excluding hydrogens is 623 g/mol. The number of ether oxygens (including phenoxy) is 1. The molecule has 2 aliphatic rings. The summed E-state index contributed by atoms with van der Waals surface area (Å²) in [4.78, 5) is 30.0. The van der Waals surface area contributed by atoms with Crippen LogP contribution in [-0.4, -0.2) is 46.8 Å². The predicted octanol–water partition coefficient (Wildman–Crippen LogP) is 7.84. The van der Waals surface area contributed by atoms with E-state index in [2.05, 4.69) is 46.5 Å². The summed E-state index contributed by atoms with van der Waals surface area (Å²) < 4.78 is 36.4. The van der Waals surface area contributed by atoms with E-state index in [9.17, 15) is 13.2 Å². The average Bonchev–Trinajstić information content (AvgIpc) is 3.05. The highest BCUT2D eigenvalue weighted by Gasteiger charge is 2.32. The van der Waals surface area contributed by atoms with Gasteiger partial charge in [0.2, 0.25) is 11.8 Å². The molecule has 1 aliphatic carbocycles. The number of pyridine rings is 1. The van der Waals surface area contributed by atoms with E-state index < -0.39 is 10.0 Å². The molecule has 6 rings (SSSR count). The van der Waals surface area contributed by atoms with E-state index >= 15 is 0 Å². The smallest absolute Gasteiger partial charge is 0.264 e. The molecule has 3 heterocycles. The number of sulfonamides is 1. The summed E-state index contributed by atoms with van der Waals surface area (Å²) in [5.41, 5.74) is 5.66. The fourth-order valence-electron chi connectivity index (χ4n) is 7.00. The van der Waals surface area contributed by atoms with Crippen LogP contribution in [0, 0.1) is 19.3 Å². The summed E-state index contributed by atoms with van der Waals surface area (Å²) >= 11 is 0. The SMILES string of the molecule is Cc1cccc(C)c1-c1cc2nc(n1)NS(=O)(=O)c1cccc(c1)C(=O)N(Cc1cncc(C3CCCCC3)c1)[C@H](CC(C)(C)C)CO2. The maximum Gasteiger partial charge on any atom is 0.264 e. The van der Waals surface area contributed by atoms with Crippen molar-refractivity contribution in [1.82, 2.24) is 19.9 Å². The van der Waals surface area contributed by atoms with Crippen LogP contribution in [0.3, 0.4) is 0 Å². The van der Waals surface area contributed by atoms with E-state index in [-0.39, 0.29) is 46.3 Å². The predicted molar refractivity (Wildman–Crippen MR) is 187 cm³/mol. The van der Waals surface area contributed by atoms with E-state index in [0.29, 0.717) is 24.6 Å². The highest BCUT2D eigenvalue weighted by Crippen LogP contribution is 2.34. The minimum atomic E-state index is -4.15. The molecule has 2 aromatic heterocycles. The van der Waals surface area contributed by atoms with E-state index in [4.69, 9.17) is 4.74 Å². The first-order chi connectivity index (χ1) is 22.9. The van der Waals surface area contributed by atoms with Crippen LogP contribution in [0.2, 0.25) is 0 Å². The molecule has 1 amide bonds. The van der Waals surface area contributed by atoms with Crippen LogP contribution in [-0.2, 0) is 16.6 Å². The van der Waals surface area contributed by atoms with Crippen LogP contribution in [0.5, 0.6) is 5.88 Å².